The number of halogens is 6. The summed E-state index contributed by atoms with van der Waals surface area (Å²) in [6.45, 7) is 0. The van der Waals surface area contributed by atoms with Crippen LogP contribution >= 0.6 is 0 Å². The van der Waals surface area contributed by atoms with E-state index in [2.05, 4.69) is 0 Å². The van der Waals surface area contributed by atoms with Gasteiger partial charge < -0.3 is 0 Å². The van der Waals surface area contributed by atoms with E-state index in [1.807, 2.05) is 0 Å². The summed E-state index contributed by atoms with van der Waals surface area (Å²) in [6, 6.07) is 0. The normalized spacial score (nSPS) is 12.1. The number of hydrogen-bond acceptors (Lipinski definition) is 2. The largest absolute Gasteiger partial charge is 0.455 e. The Labute approximate surface area is 79.6 Å². The van der Waals surface area contributed by atoms with Crippen LogP contribution in [-0.4, -0.2) is 24.1 Å². The van der Waals surface area contributed by atoms with Crippen molar-refractivity contribution in [2.75, 3.05) is 0 Å². The molecule has 0 amide bonds. The van der Waals surface area contributed by atoms with Gasteiger partial charge in [-0.1, -0.05) is 0 Å². The van der Waals surface area contributed by atoms with E-state index < -0.39 is 36.6 Å². The average molecular weight is 234 g/mol. The number of hydrogen-bond donors (Lipinski definition) is 0. The molecule has 0 unspecified atom stereocenters. The van der Waals surface area contributed by atoms with E-state index in [0.717, 1.165) is 0 Å². The topological polar surface area (TPSA) is 34.1 Å². The van der Waals surface area contributed by atoms with Crippen molar-refractivity contribution in [1.29, 1.82) is 0 Å². The fourth-order valence-electron chi connectivity index (χ4n) is 0.649. The summed E-state index contributed by atoms with van der Waals surface area (Å²) in [5, 5.41) is 0. The quantitative estimate of drug-likeness (QED) is 0.426. The van der Waals surface area contributed by atoms with Crippen LogP contribution in [0.1, 0.15) is 12.8 Å². The summed E-state index contributed by atoms with van der Waals surface area (Å²) in [4.78, 5) is 20.2. The van der Waals surface area contributed by atoms with Crippen molar-refractivity contribution in [1.82, 2.24) is 0 Å². The molecular formula is C7H4F6O2. The molecule has 15 heavy (non-hydrogen) atoms. The molecule has 2 nitrogen and oxygen atoms in total. The Morgan fingerprint density at radius 2 is 1.53 bits per heavy atom. The van der Waals surface area contributed by atoms with Crippen molar-refractivity contribution in [2.45, 2.75) is 25.2 Å². The van der Waals surface area contributed by atoms with E-state index in [9.17, 15) is 35.9 Å². The number of allylic oxidation sites excluding steroid dienone is 1. The number of carbonyl (C=O) groups is 1. The lowest BCUT2D eigenvalue weighted by Gasteiger charge is -2.07. The molecule has 0 saturated carbocycles. The maximum absolute atomic E-state index is 11.7. The molecule has 0 aliphatic heterocycles. The first-order chi connectivity index (χ1) is 6.58. The minimum absolute atomic E-state index is 0.578. The first kappa shape index (κ1) is 13.7. The lowest BCUT2D eigenvalue weighted by atomic mass is 10.1. The van der Waals surface area contributed by atoms with Crippen LogP contribution in [0.2, 0.25) is 0 Å². The second-order valence-electron chi connectivity index (χ2n) is 2.52. The van der Waals surface area contributed by atoms with E-state index in [-0.39, 0.29) is 0 Å². The van der Waals surface area contributed by atoms with E-state index in [4.69, 9.17) is 0 Å². The Kier molecular flexibility index (Phi) is 4.09. The molecule has 0 saturated heterocycles. The highest BCUT2D eigenvalue weighted by Gasteiger charge is 2.42. The predicted molar refractivity (Wildman–Crippen MR) is 35.6 cm³/mol. The van der Waals surface area contributed by atoms with Gasteiger partial charge in [-0.15, -0.1) is 0 Å². The van der Waals surface area contributed by atoms with Gasteiger partial charge in [0.25, 0.3) is 5.78 Å². The van der Waals surface area contributed by atoms with Crippen LogP contribution in [0.15, 0.2) is 5.57 Å². The van der Waals surface area contributed by atoms with Gasteiger partial charge in [0.1, 0.15) is 5.94 Å². The molecule has 0 fully saturated rings. The summed E-state index contributed by atoms with van der Waals surface area (Å²) in [5.74, 6) is -2.00. The average Bonchev–Trinajstić information content (AvgIpc) is 2.01. The van der Waals surface area contributed by atoms with Gasteiger partial charge in [-0.25, -0.2) is 4.79 Å². The molecule has 8 heteroatoms. The fourth-order valence-corrected chi connectivity index (χ4v) is 0.649. The first-order valence-electron chi connectivity index (χ1n) is 3.50. The Hall–Kier alpha value is -1.30. The Morgan fingerprint density at radius 3 is 1.80 bits per heavy atom. The molecule has 0 atom stereocenters. The zero-order chi connectivity index (χ0) is 12.3. The summed E-state index contributed by atoms with van der Waals surface area (Å²) in [7, 11) is 0. The van der Waals surface area contributed by atoms with E-state index in [1.54, 1.807) is 0 Å². The summed E-state index contributed by atoms with van der Waals surface area (Å²) in [5.41, 5.74) is -1.54. The molecule has 0 aliphatic rings. The first-order valence-corrected chi connectivity index (χ1v) is 3.50. The molecule has 86 valence electrons. The van der Waals surface area contributed by atoms with Gasteiger partial charge >= 0.3 is 12.4 Å². The zero-order valence-electron chi connectivity index (χ0n) is 7.00. The van der Waals surface area contributed by atoms with Crippen LogP contribution in [0.4, 0.5) is 26.3 Å². The second kappa shape index (κ2) is 4.48. The third-order valence-electron chi connectivity index (χ3n) is 1.31. The second-order valence-corrected chi connectivity index (χ2v) is 2.52. The summed E-state index contributed by atoms with van der Waals surface area (Å²) >= 11 is 0. The maximum atomic E-state index is 11.7. The molecule has 0 heterocycles. The van der Waals surface area contributed by atoms with Gasteiger partial charge in [0, 0.05) is 6.42 Å². The lowest BCUT2D eigenvalue weighted by molar-refractivity contribution is -0.167. The predicted octanol–water partition coefficient (Wildman–Crippen LogP) is 2.22. The van der Waals surface area contributed by atoms with Crippen molar-refractivity contribution >= 4 is 11.7 Å². The van der Waals surface area contributed by atoms with Gasteiger partial charge in [-0.3, -0.25) is 4.79 Å². The van der Waals surface area contributed by atoms with E-state index in [0.29, 0.717) is 5.94 Å². The molecule has 0 spiro atoms. The van der Waals surface area contributed by atoms with E-state index in [1.165, 1.54) is 0 Å². The highest BCUT2D eigenvalue weighted by molar-refractivity contribution is 6.05. The number of alkyl halides is 6. The van der Waals surface area contributed by atoms with E-state index >= 15 is 0 Å². The SMILES string of the molecule is O=C=C(CCC(F)(F)F)C(=O)C(F)(F)F. The molecule has 0 aromatic carbocycles. The van der Waals surface area contributed by atoms with Crippen LogP contribution in [0.25, 0.3) is 0 Å². The smallest absolute Gasteiger partial charge is 0.283 e. The molecular weight excluding hydrogens is 230 g/mol. The lowest BCUT2D eigenvalue weighted by Crippen LogP contribution is -2.25. The van der Waals surface area contributed by atoms with Crippen LogP contribution in [0, 0.1) is 0 Å². The minimum Gasteiger partial charge on any atom is -0.283 e. The number of Topliss-reactive ketones (excluding diaryl/α,β-unsaturated/α-hetero) is 1. The van der Waals surface area contributed by atoms with Crippen molar-refractivity contribution in [3.8, 4) is 0 Å². The van der Waals surface area contributed by atoms with Gasteiger partial charge in [0.2, 0.25) is 0 Å². The van der Waals surface area contributed by atoms with Crippen molar-refractivity contribution in [2.24, 2.45) is 0 Å². The Bertz CT molecular complexity index is 294. The third-order valence-corrected chi connectivity index (χ3v) is 1.31. The minimum atomic E-state index is -5.35. The van der Waals surface area contributed by atoms with Gasteiger partial charge in [0.05, 0.1) is 5.57 Å². The van der Waals surface area contributed by atoms with Crippen LogP contribution < -0.4 is 0 Å². The highest BCUT2D eigenvalue weighted by atomic mass is 19.4. The molecule has 0 aromatic rings. The van der Waals surface area contributed by atoms with Crippen molar-refractivity contribution in [3.63, 3.8) is 0 Å². The third kappa shape index (κ3) is 5.21. The number of rotatable bonds is 3. The summed E-state index contributed by atoms with van der Waals surface area (Å²) < 4.78 is 69.8. The van der Waals surface area contributed by atoms with Gasteiger partial charge in [-0.05, 0) is 6.42 Å². The van der Waals surface area contributed by atoms with Crippen molar-refractivity contribution < 1.29 is 35.9 Å². The molecule has 0 aliphatic carbocycles. The molecule has 0 bridgehead atoms. The van der Waals surface area contributed by atoms with Crippen LogP contribution in [0.5, 0.6) is 0 Å². The maximum Gasteiger partial charge on any atom is 0.455 e. The summed E-state index contributed by atoms with van der Waals surface area (Å²) in [6.07, 6.45) is -13.1. The molecule has 0 radical (unpaired) electrons. The molecule has 0 N–H and O–H groups in total. The Balaban J connectivity index is 4.57. The Morgan fingerprint density at radius 1 is 1.07 bits per heavy atom. The fraction of sp³-hybridized carbons (Fsp3) is 0.571. The molecule has 0 rings (SSSR count). The zero-order valence-corrected chi connectivity index (χ0v) is 7.00. The molecule has 0 aromatic heterocycles. The van der Waals surface area contributed by atoms with Gasteiger partial charge in [0.15, 0.2) is 0 Å². The number of carbonyl (C=O) groups excluding carboxylic acids is 2. The standard InChI is InChI=1S/C7H4F6O2/c8-6(9,10)2-1-4(3-14)5(15)7(11,12)13/h1-2H2. The van der Waals surface area contributed by atoms with Crippen LogP contribution in [0.3, 0.4) is 0 Å². The van der Waals surface area contributed by atoms with Crippen molar-refractivity contribution in [3.05, 3.63) is 5.57 Å². The monoisotopic (exact) mass is 234 g/mol. The highest BCUT2D eigenvalue weighted by Crippen LogP contribution is 2.27. The van der Waals surface area contributed by atoms with Gasteiger partial charge in [-0.2, -0.15) is 26.3 Å². The van der Waals surface area contributed by atoms with Crippen LogP contribution in [-0.2, 0) is 9.59 Å². The number of ketones is 1.